The second-order valence-electron chi connectivity index (χ2n) is 5.12. The molecule has 1 aliphatic rings. The van der Waals surface area contributed by atoms with Gasteiger partial charge in [-0.05, 0) is 44.5 Å². The van der Waals surface area contributed by atoms with E-state index in [-0.39, 0.29) is 17.1 Å². The van der Waals surface area contributed by atoms with Crippen LogP contribution in [0.1, 0.15) is 26.7 Å². The standard InChI is InChI=1S/C16H20N2O3S2/c1-3-21-13-8-6-12(7-9-13)17-14(19)5-4-10-18-15(20)11(2)23-16(18)22/h6-9,11H,3-5,10H2,1-2H3,(H,17,19). The number of anilines is 1. The molecule has 1 saturated heterocycles. The normalized spacial score (nSPS) is 17.5. The van der Waals surface area contributed by atoms with E-state index in [9.17, 15) is 9.59 Å². The summed E-state index contributed by atoms with van der Waals surface area (Å²) in [4.78, 5) is 25.4. The molecular formula is C16H20N2O3S2. The first-order chi connectivity index (χ1) is 11.0. The number of nitrogens with zero attached hydrogens (tertiary/aromatic N) is 1. The van der Waals surface area contributed by atoms with Crippen LogP contribution in [0.2, 0.25) is 0 Å². The Bertz CT molecular complexity index is 589. The minimum Gasteiger partial charge on any atom is -0.494 e. The van der Waals surface area contributed by atoms with Crippen molar-refractivity contribution in [2.45, 2.75) is 31.9 Å². The van der Waals surface area contributed by atoms with Crippen LogP contribution < -0.4 is 10.1 Å². The largest absolute Gasteiger partial charge is 0.494 e. The molecular weight excluding hydrogens is 332 g/mol. The van der Waals surface area contributed by atoms with Crippen LogP contribution >= 0.6 is 24.0 Å². The number of carbonyl (C=O) groups is 2. The number of hydrogen-bond donors (Lipinski definition) is 1. The molecule has 0 radical (unpaired) electrons. The number of rotatable bonds is 7. The van der Waals surface area contributed by atoms with Crippen molar-refractivity contribution in [3.05, 3.63) is 24.3 Å². The van der Waals surface area contributed by atoms with E-state index in [1.807, 2.05) is 26.0 Å². The van der Waals surface area contributed by atoms with Crippen molar-refractivity contribution >= 4 is 45.8 Å². The summed E-state index contributed by atoms with van der Waals surface area (Å²) in [5.74, 6) is 0.734. The predicted octanol–water partition coefficient (Wildman–Crippen LogP) is 3.05. The van der Waals surface area contributed by atoms with Crippen molar-refractivity contribution in [3.8, 4) is 5.75 Å². The minimum absolute atomic E-state index is 0.0342. The van der Waals surface area contributed by atoms with Crippen LogP contribution in [0.25, 0.3) is 0 Å². The van der Waals surface area contributed by atoms with Gasteiger partial charge in [-0.15, -0.1) is 0 Å². The predicted molar refractivity (Wildman–Crippen MR) is 96.8 cm³/mol. The molecule has 0 bridgehead atoms. The van der Waals surface area contributed by atoms with Crippen LogP contribution in [0, 0.1) is 0 Å². The van der Waals surface area contributed by atoms with Gasteiger partial charge in [0, 0.05) is 18.7 Å². The van der Waals surface area contributed by atoms with Crippen LogP contribution in [-0.2, 0) is 9.59 Å². The number of thiocarbonyl (C=S) groups is 1. The molecule has 1 atom stereocenters. The molecule has 0 aliphatic carbocycles. The van der Waals surface area contributed by atoms with Crippen molar-refractivity contribution in [2.24, 2.45) is 0 Å². The summed E-state index contributed by atoms with van der Waals surface area (Å²) >= 11 is 6.57. The monoisotopic (exact) mass is 352 g/mol. The molecule has 23 heavy (non-hydrogen) atoms. The highest BCUT2D eigenvalue weighted by Crippen LogP contribution is 2.26. The average Bonchev–Trinajstić information content (AvgIpc) is 2.76. The topological polar surface area (TPSA) is 58.6 Å². The number of carbonyl (C=O) groups excluding carboxylic acids is 2. The lowest BCUT2D eigenvalue weighted by Gasteiger charge is -2.14. The zero-order chi connectivity index (χ0) is 16.8. The zero-order valence-electron chi connectivity index (χ0n) is 13.2. The average molecular weight is 352 g/mol. The van der Waals surface area contributed by atoms with Gasteiger partial charge in [0.15, 0.2) is 0 Å². The molecule has 5 nitrogen and oxygen atoms in total. The van der Waals surface area contributed by atoms with E-state index in [0.717, 1.165) is 11.4 Å². The molecule has 0 aromatic heterocycles. The Labute approximate surface area is 145 Å². The molecule has 1 aromatic carbocycles. The fourth-order valence-corrected chi connectivity index (χ4v) is 3.65. The van der Waals surface area contributed by atoms with Crippen LogP contribution in [0.4, 0.5) is 5.69 Å². The fraction of sp³-hybridized carbons (Fsp3) is 0.438. The summed E-state index contributed by atoms with van der Waals surface area (Å²) in [6.45, 7) is 4.87. The molecule has 1 aliphatic heterocycles. The Morgan fingerprint density at radius 2 is 2.09 bits per heavy atom. The van der Waals surface area contributed by atoms with E-state index in [1.54, 1.807) is 17.0 Å². The molecule has 2 amide bonds. The van der Waals surface area contributed by atoms with Gasteiger partial charge in [0.25, 0.3) is 0 Å². The SMILES string of the molecule is CCOc1ccc(NC(=O)CCCN2C(=O)C(C)SC2=S)cc1. The van der Waals surface area contributed by atoms with E-state index in [0.29, 0.717) is 30.3 Å². The van der Waals surface area contributed by atoms with Gasteiger partial charge in [0.2, 0.25) is 11.8 Å². The molecule has 2 rings (SSSR count). The summed E-state index contributed by atoms with van der Waals surface area (Å²) in [5, 5.41) is 2.72. The highest BCUT2D eigenvalue weighted by molar-refractivity contribution is 8.24. The third-order valence-corrected chi connectivity index (χ3v) is 4.83. The van der Waals surface area contributed by atoms with E-state index < -0.39 is 0 Å². The van der Waals surface area contributed by atoms with E-state index in [2.05, 4.69) is 5.32 Å². The highest BCUT2D eigenvalue weighted by Gasteiger charge is 2.33. The van der Waals surface area contributed by atoms with E-state index in [1.165, 1.54) is 11.8 Å². The lowest BCUT2D eigenvalue weighted by molar-refractivity contribution is -0.126. The zero-order valence-corrected chi connectivity index (χ0v) is 14.8. The van der Waals surface area contributed by atoms with Crippen LogP contribution in [0.3, 0.4) is 0 Å². The Balaban J connectivity index is 1.75. The minimum atomic E-state index is -0.111. The highest BCUT2D eigenvalue weighted by atomic mass is 32.2. The lowest BCUT2D eigenvalue weighted by Crippen LogP contribution is -2.32. The molecule has 1 heterocycles. The summed E-state index contributed by atoms with van der Waals surface area (Å²) in [6.07, 6.45) is 0.931. The second-order valence-corrected chi connectivity index (χ2v) is 7.10. The lowest BCUT2D eigenvalue weighted by atomic mass is 10.2. The Hall–Kier alpha value is -1.60. The second kappa shape index (κ2) is 8.31. The van der Waals surface area contributed by atoms with Crippen molar-refractivity contribution in [2.75, 3.05) is 18.5 Å². The van der Waals surface area contributed by atoms with Gasteiger partial charge in [-0.3, -0.25) is 14.5 Å². The number of ether oxygens (including phenoxy) is 1. The Morgan fingerprint density at radius 3 is 2.65 bits per heavy atom. The van der Waals surface area contributed by atoms with Crippen LogP contribution in [0.5, 0.6) is 5.75 Å². The molecule has 1 N–H and O–H groups in total. The fourth-order valence-electron chi connectivity index (χ4n) is 2.20. The van der Waals surface area contributed by atoms with Crippen molar-refractivity contribution in [1.82, 2.24) is 4.90 Å². The first kappa shape index (κ1) is 17.7. The maximum atomic E-state index is 11.9. The van der Waals surface area contributed by atoms with Crippen LogP contribution in [0.15, 0.2) is 24.3 Å². The van der Waals surface area contributed by atoms with Gasteiger partial charge in [-0.1, -0.05) is 24.0 Å². The Morgan fingerprint density at radius 1 is 1.39 bits per heavy atom. The smallest absolute Gasteiger partial charge is 0.241 e. The molecule has 0 saturated carbocycles. The maximum absolute atomic E-state index is 11.9. The quantitative estimate of drug-likeness (QED) is 0.764. The first-order valence-corrected chi connectivity index (χ1v) is 8.84. The van der Waals surface area contributed by atoms with Gasteiger partial charge in [-0.25, -0.2) is 0 Å². The number of nitrogens with one attached hydrogen (secondary N) is 1. The summed E-state index contributed by atoms with van der Waals surface area (Å²) < 4.78 is 5.96. The summed E-state index contributed by atoms with van der Waals surface area (Å²) in [7, 11) is 0. The van der Waals surface area contributed by atoms with Crippen molar-refractivity contribution in [1.29, 1.82) is 0 Å². The van der Waals surface area contributed by atoms with Crippen LogP contribution in [-0.4, -0.2) is 39.4 Å². The number of thioether (sulfide) groups is 1. The maximum Gasteiger partial charge on any atom is 0.241 e. The molecule has 1 aromatic rings. The number of amides is 2. The van der Waals surface area contributed by atoms with Crippen molar-refractivity contribution < 1.29 is 14.3 Å². The summed E-state index contributed by atoms with van der Waals surface area (Å²) in [6, 6.07) is 7.25. The molecule has 1 fully saturated rings. The van der Waals surface area contributed by atoms with Gasteiger partial charge in [0.05, 0.1) is 11.9 Å². The summed E-state index contributed by atoms with van der Waals surface area (Å²) in [5.41, 5.74) is 0.732. The molecule has 7 heteroatoms. The van der Waals surface area contributed by atoms with Gasteiger partial charge in [-0.2, -0.15) is 0 Å². The number of hydrogen-bond acceptors (Lipinski definition) is 5. The van der Waals surface area contributed by atoms with Crippen molar-refractivity contribution in [3.63, 3.8) is 0 Å². The third-order valence-electron chi connectivity index (χ3n) is 3.35. The van der Waals surface area contributed by atoms with E-state index >= 15 is 0 Å². The first-order valence-electron chi connectivity index (χ1n) is 7.56. The Kier molecular flexibility index (Phi) is 6.41. The van der Waals surface area contributed by atoms with Gasteiger partial charge < -0.3 is 10.1 Å². The number of benzene rings is 1. The van der Waals surface area contributed by atoms with E-state index in [4.69, 9.17) is 17.0 Å². The molecule has 124 valence electrons. The van der Waals surface area contributed by atoms with Gasteiger partial charge >= 0.3 is 0 Å². The molecule has 0 spiro atoms. The molecule has 1 unspecified atom stereocenters. The third kappa shape index (κ3) is 4.94. The van der Waals surface area contributed by atoms with Gasteiger partial charge in [0.1, 0.15) is 10.1 Å².